The van der Waals surface area contributed by atoms with Crippen molar-refractivity contribution in [3.8, 4) is 5.75 Å². The lowest BCUT2D eigenvalue weighted by Gasteiger charge is -2.21. The lowest BCUT2D eigenvalue weighted by molar-refractivity contribution is -0.144. The number of carbonyl (C=O) groups is 2. The van der Waals surface area contributed by atoms with Gasteiger partial charge >= 0.3 is 5.97 Å². The molecule has 1 saturated carbocycles. The number of hydrogen-bond donors (Lipinski definition) is 1. The summed E-state index contributed by atoms with van der Waals surface area (Å²) in [5, 5.41) is 9.46. The van der Waals surface area contributed by atoms with Gasteiger partial charge < -0.3 is 14.7 Å². The van der Waals surface area contributed by atoms with Crippen molar-refractivity contribution >= 4 is 23.5 Å². The van der Waals surface area contributed by atoms with Crippen molar-refractivity contribution in [1.29, 1.82) is 0 Å². The second-order valence-corrected chi connectivity index (χ2v) is 5.68. The lowest BCUT2D eigenvalue weighted by Crippen LogP contribution is -2.38. The molecule has 1 aliphatic carbocycles. The van der Waals surface area contributed by atoms with Crippen LogP contribution >= 0.6 is 11.6 Å². The first kappa shape index (κ1) is 15.6. The molecule has 0 saturated heterocycles. The molecule has 1 aromatic carbocycles. The summed E-state index contributed by atoms with van der Waals surface area (Å²) >= 11 is 5.94. The van der Waals surface area contributed by atoms with Gasteiger partial charge in [0.25, 0.3) is 0 Å². The van der Waals surface area contributed by atoms with Gasteiger partial charge in [0, 0.05) is 17.1 Å². The topological polar surface area (TPSA) is 66.8 Å². The highest BCUT2D eigenvalue weighted by molar-refractivity contribution is 6.30. The molecule has 114 valence electrons. The van der Waals surface area contributed by atoms with Crippen molar-refractivity contribution < 1.29 is 19.4 Å². The van der Waals surface area contributed by atoms with E-state index in [4.69, 9.17) is 21.4 Å². The first-order valence-corrected chi connectivity index (χ1v) is 7.19. The highest BCUT2D eigenvalue weighted by Crippen LogP contribution is 2.30. The molecule has 0 atom stereocenters. The van der Waals surface area contributed by atoms with Gasteiger partial charge in [-0.2, -0.15) is 0 Å². The molecule has 0 radical (unpaired) electrons. The van der Waals surface area contributed by atoms with Gasteiger partial charge in [-0.25, -0.2) is 0 Å². The average molecular weight is 312 g/mol. The number of benzene rings is 1. The molecule has 1 fully saturated rings. The maximum atomic E-state index is 12.4. The first-order chi connectivity index (χ1) is 9.99. The maximum absolute atomic E-state index is 12.4. The van der Waals surface area contributed by atoms with E-state index in [0.717, 1.165) is 12.8 Å². The Bertz CT molecular complexity index is 542. The second kappa shape index (κ2) is 6.80. The summed E-state index contributed by atoms with van der Waals surface area (Å²) in [5.41, 5.74) is 0.668. The number of ether oxygens (including phenoxy) is 1. The molecule has 1 amide bonds. The third kappa shape index (κ3) is 4.63. The van der Waals surface area contributed by atoms with Crippen LogP contribution in [0.1, 0.15) is 18.4 Å². The number of carbonyl (C=O) groups excluding carboxylic acids is 1. The van der Waals surface area contributed by atoms with E-state index in [0.29, 0.717) is 28.8 Å². The van der Waals surface area contributed by atoms with Gasteiger partial charge in [0.15, 0.2) is 0 Å². The van der Waals surface area contributed by atoms with Gasteiger partial charge in [0.2, 0.25) is 5.91 Å². The van der Waals surface area contributed by atoms with Crippen LogP contribution in [0.5, 0.6) is 5.75 Å². The summed E-state index contributed by atoms with van der Waals surface area (Å²) in [6, 6.07) is 5.06. The minimum atomic E-state index is -0.998. The van der Waals surface area contributed by atoms with Crippen LogP contribution in [0.25, 0.3) is 0 Å². The Morgan fingerprint density at radius 1 is 1.43 bits per heavy atom. The maximum Gasteiger partial charge on any atom is 0.323 e. The highest BCUT2D eigenvalue weighted by Gasteiger charge is 2.28. The average Bonchev–Trinajstić information content (AvgIpc) is 3.21. The molecule has 0 heterocycles. The molecule has 1 aliphatic rings. The molecule has 21 heavy (non-hydrogen) atoms. The van der Waals surface area contributed by atoms with Crippen LogP contribution < -0.4 is 4.74 Å². The number of amides is 1. The molecule has 2 rings (SSSR count). The molecule has 1 aromatic rings. The van der Waals surface area contributed by atoms with Crippen molar-refractivity contribution in [2.24, 2.45) is 5.92 Å². The normalized spacial score (nSPS) is 13.8. The number of rotatable bonds is 7. The molecule has 6 heteroatoms. The van der Waals surface area contributed by atoms with Crippen molar-refractivity contribution in [3.63, 3.8) is 0 Å². The summed E-state index contributed by atoms with van der Waals surface area (Å²) < 4.78 is 5.21. The van der Waals surface area contributed by atoms with E-state index < -0.39 is 5.97 Å². The van der Waals surface area contributed by atoms with Crippen LogP contribution in [0.4, 0.5) is 0 Å². The predicted octanol–water partition coefficient (Wildman–Crippen LogP) is 2.21. The van der Waals surface area contributed by atoms with Gasteiger partial charge in [-0.05, 0) is 37.0 Å². The van der Waals surface area contributed by atoms with Crippen LogP contribution in [0.2, 0.25) is 5.02 Å². The van der Waals surface area contributed by atoms with Crippen molar-refractivity contribution in [3.05, 3.63) is 28.8 Å². The zero-order valence-electron chi connectivity index (χ0n) is 11.8. The monoisotopic (exact) mass is 311 g/mol. The zero-order chi connectivity index (χ0) is 15.4. The molecule has 0 bridgehead atoms. The largest absolute Gasteiger partial charge is 0.496 e. The minimum Gasteiger partial charge on any atom is -0.496 e. The van der Waals surface area contributed by atoms with Gasteiger partial charge in [-0.1, -0.05) is 11.6 Å². The number of halogens is 1. The van der Waals surface area contributed by atoms with E-state index in [-0.39, 0.29) is 18.9 Å². The van der Waals surface area contributed by atoms with Crippen molar-refractivity contribution in [2.45, 2.75) is 19.3 Å². The van der Waals surface area contributed by atoms with Gasteiger partial charge in [-0.15, -0.1) is 0 Å². The quantitative estimate of drug-likeness (QED) is 0.838. The third-order valence-electron chi connectivity index (χ3n) is 3.44. The number of carboxylic acid groups (broad SMARTS) is 1. The van der Waals surface area contributed by atoms with Crippen LogP contribution in [0, 0.1) is 5.92 Å². The standard InChI is InChI=1S/C15H18ClNO4/c1-21-13-5-4-12(16)6-11(13)7-14(18)17(9-15(19)20)8-10-2-3-10/h4-6,10H,2-3,7-9H2,1H3,(H,19,20). The van der Waals surface area contributed by atoms with E-state index in [2.05, 4.69) is 0 Å². The summed E-state index contributed by atoms with van der Waals surface area (Å²) in [6.45, 7) is 0.242. The summed E-state index contributed by atoms with van der Waals surface area (Å²) in [4.78, 5) is 24.7. The molecular formula is C15H18ClNO4. The Balaban J connectivity index is 2.09. The summed E-state index contributed by atoms with van der Waals surface area (Å²) in [5.74, 6) is -0.198. The molecule has 0 spiro atoms. The predicted molar refractivity (Wildman–Crippen MR) is 78.6 cm³/mol. The fourth-order valence-corrected chi connectivity index (χ4v) is 2.38. The Morgan fingerprint density at radius 3 is 2.71 bits per heavy atom. The van der Waals surface area contributed by atoms with Crippen molar-refractivity contribution in [2.75, 3.05) is 20.2 Å². The number of aliphatic carboxylic acids is 1. The van der Waals surface area contributed by atoms with E-state index >= 15 is 0 Å². The van der Waals surface area contributed by atoms with Gasteiger partial charge in [0.1, 0.15) is 12.3 Å². The van der Waals surface area contributed by atoms with Crippen LogP contribution in [-0.4, -0.2) is 42.1 Å². The number of nitrogens with zero attached hydrogens (tertiary/aromatic N) is 1. The fourth-order valence-electron chi connectivity index (χ4n) is 2.19. The van der Waals surface area contributed by atoms with Crippen LogP contribution in [0.3, 0.4) is 0 Å². The van der Waals surface area contributed by atoms with Gasteiger partial charge in [-0.3, -0.25) is 9.59 Å². The highest BCUT2D eigenvalue weighted by atomic mass is 35.5. The van der Waals surface area contributed by atoms with Gasteiger partial charge in [0.05, 0.1) is 13.5 Å². The first-order valence-electron chi connectivity index (χ1n) is 6.81. The molecule has 0 unspecified atom stereocenters. The Kier molecular flexibility index (Phi) is 5.07. The summed E-state index contributed by atoms with van der Waals surface area (Å²) in [6.07, 6.45) is 2.21. The minimum absolute atomic E-state index is 0.0870. The third-order valence-corrected chi connectivity index (χ3v) is 3.67. The van der Waals surface area contributed by atoms with E-state index in [9.17, 15) is 9.59 Å². The fraction of sp³-hybridized carbons (Fsp3) is 0.467. The van der Waals surface area contributed by atoms with E-state index in [1.54, 1.807) is 18.2 Å². The molecule has 5 nitrogen and oxygen atoms in total. The Morgan fingerprint density at radius 2 is 2.14 bits per heavy atom. The molecular weight excluding hydrogens is 294 g/mol. The Labute approximate surface area is 128 Å². The molecule has 1 N–H and O–H groups in total. The zero-order valence-corrected chi connectivity index (χ0v) is 12.6. The second-order valence-electron chi connectivity index (χ2n) is 5.24. The van der Waals surface area contributed by atoms with Crippen molar-refractivity contribution in [1.82, 2.24) is 4.90 Å². The number of hydrogen-bond acceptors (Lipinski definition) is 3. The summed E-state index contributed by atoms with van der Waals surface area (Å²) in [7, 11) is 1.52. The lowest BCUT2D eigenvalue weighted by atomic mass is 10.1. The molecule has 0 aliphatic heterocycles. The van der Waals surface area contributed by atoms with E-state index in [1.807, 2.05) is 0 Å². The van der Waals surface area contributed by atoms with Crippen LogP contribution in [0.15, 0.2) is 18.2 Å². The van der Waals surface area contributed by atoms with Crippen LogP contribution in [-0.2, 0) is 16.0 Å². The number of methoxy groups -OCH3 is 1. The Hall–Kier alpha value is -1.75. The number of carboxylic acids is 1. The van der Waals surface area contributed by atoms with E-state index in [1.165, 1.54) is 12.0 Å². The smallest absolute Gasteiger partial charge is 0.323 e. The molecule has 0 aromatic heterocycles. The SMILES string of the molecule is COc1ccc(Cl)cc1CC(=O)N(CC(=O)O)CC1CC1.